The first-order valence-electron chi connectivity index (χ1n) is 8.32. The highest BCUT2D eigenvalue weighted by atomic mass is 35.5. The molecular formula is C18H23ClO5. The van der Waals surface area contributed by atoms with Crippen LogP contribution < -0.4 is 0 Å². The molecule has 3 fully saturated rings. The van der Waals surface area contributed by atoms with Gasteiger partial charge in [-0.2, -0.15) is 0 Å². The molecule has 0 radical (unpaired) electrons. The van der Waals surface area contributed by atoms with Gasteiger partial charge in [0, 0.05) is 5.02 Å². The first-order chi connectivity index (χ1) is 11.2. The highest BCUT2D eigenvalue weighted by Gasteiger charge is 2.59. The van der Waals surface area contributed by atoms with Crippen LogP contribution in [-0.2, 0) is 23.7 Å². The van der Waals surface area contributed by atoms with Gasteiger partial charge in [0.1, 0.15) is 30.5 Å². The van der Waals surface area contributed by atoms with E-state index in [1.807, 2.05) is 52.0 Å². The average Bonchev–Trinajstić information content (AvgIpc) is 3.10. The van der Waals surface area contributed by atoms with E-state index in [1.165, 1.54) is 0 Å². The van der Waals surface area contributed by atoms with Crippen molar-refractivity contribution in [2.24, 2.45) is 0 Å². The molecule has 0 aliphatic carbocycles. The predicted octanol–water partition coefficient (Wildman–Crippen LogP) is 3.45. The van der Waals surface area contributed by atoms with Crippen molar-refractivity contribution in [2.45, 2.75) is 69.8 Å². The normalized spacial score (nSPS) is 40.0. The number of rotatable bonds is 2. The van der Waals surface area contributed by atoms with Crippen LogP contribution in [0.25, 0.3) is 0 Å². The molecule has 3 aliphatic heterocycles. The summed E-state index contributed by atoms with van der Waals surface area (Å²) in [5, 5.41) is 0.697. The van der Waals surface area contributed by atoms with E-state index in [4.69, 9.17) is 35.3 Å². The van der Waals surface area contributed by atoms with E-state index in [0.717, 1.165) is 5.56 Å². The second-order valence-corrected chi connectivity index (χ2v) is 7.94. The quantitative estimate of drug-likeness (QED) is 0.814. The zero-order valence-corrected chi connectivity index (χ0v) is 15.1. The van der Waals surface area contributed by atoms with Gasteiger partial charge >= 0.3 is 0 Å². The molecule has 3 aliphatic rings. The lowest BCUT2D eigenvalue weighted by atomic mass is 10.00. The Balaban J connectivity index is 1.61. The van der Waals surface area contributed by atoms with Crippen LogP contribution in [0.1, 0.15) is 39.4 Å². The minimum Gasteiger partial charge on any atom is -0.362 e. The Morgan fingerprint density at radius 1 is 0.875 bits per heavy atom. The lowest BCUT2D eigenvalue weighted by Crippen LogP contribution is -2.40. The molecule has 5 atom stereocenters. The monoisotopic (exact) mass is 354 g/mol. The Morgan fingerprint density at radius 2 is 1.54 bits per heavy atom. The lowest BCUT2D eigenvalue weighted by molar-refractivity contribution is -0.207. The van der Waals surface area contributed by atoms with E-state index in [9.17, 15) is 0 Å². The summed E-state index contributed by atoms with van der Waals surface area (Å²) < 4.78 is 30.3. The van der Waals surface area contributed by atoms with Crippen LogP contribution in [0.2, 0.25) is 5.02 Å². The third-order valence-electron chi connectivity index (χ3n) is 4.68. The number of halogens is 1. The molecule has 0 unspecified atom stereocenters. The van der Waals surface area contributed by atoms with Crippen LogP contribution in [-0.4, -0.2) is 42.6 Å². The number of hydrogen-bond acceptors (Lipinski definition) is 5. The molecule has 0 amide bonds. The Hall–Kier alpha value is -0.690. The molecule has 1 aromatic carbocycles. The highest BCUT2D eigenvalue weighted by molar-refractivity contribution is 6.30. The molecule has 132 valence electrons. The van der Waals surface area contributed by atoms with Gasteiger partial charge in [0.05, 0.1) is 6.61 Å². The molecule has 0 saturated carbocycles. The van der Waals surface area contributed by atoms with Crippen molar-refractivity contribution in [3.8, 4) is 0 Å². The van der Waals surface area contributed by atoms with E-state index in [0.29, 0.717) is 11.6 Å². The van der Waals surface area contributed by atoms with E-state index in [2.05, 4.69) is 0 Å². The molecule has 1 aromatic rings. The van der Waals surface area contributed by atoms with Crippen LogP contribution in [0.5, 0.6) is 0 Å². The van der Waals surface area contributed by atoms with Crippen LogP contribution in [0.15, 0.2) is 24.3 Å². The second-order valence-electron chi connectivity index (χ2n) is 7.50. The van der Waals surface area contributed by atoms with Crippen molar-refractivity contribution < 1.29 is 23.7 Å². The van der Waals surface area contributed by atoms with Gasteiger partial charge in [-0.15, -0.1) is 0 Å². The first kappa shape index (κ1) is 16.8. The number of fused-ring (bicyclic) bond motifs is 1. The van der Waals surface area contributed by atoms with Gasteiger partial charge < -0.3 is 23.7 Å². The fraction of sp³-hybridized carbons (Fsp3) is 0.667. The maximum atomic E-state index is 6.33. The predicted molar refractivity (Wildman–Crippen MR) is 87.8 cm³/mol. The van der Waals surface area contributed by atoms with Crippen LogP contribution in [0, 0.1) is 0 Å². The van der Waals surface area contributed by atoms with Gasteiger partial charge in [0.15, 0.2) is 11.6 Å². The highest BCUT2D eigenvalue weighted by Crippen LogP contribution is 2.47. The first-order valence-corrected chi connectivity index (χ1v) is 8.70. The van der Waals surface area contributed by atoms with Gasteiger partial charge in [-0.3, -0.25) is 0 Å². The van der Waals surface area contributed by atoms with E-state index in [1.54, 1.807) is 0 Å². The lowest BCUT2D eigenvalue weighted by Gasteiger charge is -2.27. The molecule has 24 heavy (non-hydrogen) atoms. The van der Waals surface area contributed by atoms with E-state index in [-0.39, 0.29) is 30.5 Å². The number of ether oxygens (including phenoxy) is 5. The van der Waals surface area contributed by atoms with Crippen LogP contribution in [0.3, 0.4) is 0 Å². The van der Waals surface area contributed by atoms with Gasteiger partial charge in [-0.25, -0.2) is 0 Å². The second kappa shape index (κ2) is 5.66. The minimum absolute atomic E-state index is 0.178. The third-order valence-corrected chi connectivity index (χ3v) is 4.94. The number of hydrogen-bond donors (Lipinski definition) is 0. The van der Waals surface area contributed by atoms with Gasteiger partial charge in [-0.05, 0) is 45.4 Å². The zero-order chi connectivity index (χ0) is 17.1. The summed E-state index contributed by atoms with van der Waals surface area (Å²) in [6.45, 7) is 8.16. The molecule has 3 heterocycles. The standard InChI is InChI=1S/C18H23ClO5/c1-17(2)20-9-12(22-17)14-16-15(23-18(3,4)24-16)13(21-14)10-5-7-11(19)8-6-10/h5-8,12-16H,9H2,1-4H3/t12-,13-,14-,15-,16+/m1/s1. The van der Waals surface area contributed by atoms with E-state index >= 15 is 0 Å². The molecule has 0 aromatic heterocycles. The molecule has 0 spiro atoms. The Kier molecular flexibility index (Phi) is 3.95. The fourth-order valence-electron chi connectivity index (χ4n) is 3.73. The molecule has 0 bridgehead atoms. The van der Waals surface area contributed by atoms with Crippen molar-refractivity contribution in [3.05, 3.63) is 34.9 Å². The Morgan fingerprint density at radius 3 is 2.17 bits per heavy atom. The van der Waals surface area contributed by atoms with Crippen LogP contribution in [0.4, 0.5) is 0 Å². The van der Waals surface area contributed by atoms with Crippen molar-refractivity contribution in [3.63, 3.8) is 0 Å². The average molecular weight is 355 g/mol. The summed E-state index contributed by atoms with van der Waals surface area (Å²) in [6.07, 6.45) is -1.01. The Labute approximate surface area is 147 Å². The molecule has 5 nitrogen and oxygen atoms in total. The zero-order valence-electron chi connectivity index (χ0n) is 14.3. The Bertz CT molecular complexity index is 614. The largest absolute Gasteiger partial charge is 0.362 e. The minimum atomic E-state index is -0.642. The molecule has 3 saturated heterocycles. The summed E-state index contributed by atoms with van der Waals surface area (Å²) in [5.41, 5.74) is 1.02. The van der Waals surface area contributed by atoms with Crippen LogP contribution >= 0.6 is 11.6 Å². The topological polar surface area (TPSA) is 46.2 Å². The molecular weight excluding hydrogens is 332 g/mol. The van der Waals surface area contributed by atoms with Gasteiger partial charge in [-0.1, -0.05) is 23.7 Å². The van der Waals surface area contributed by atoms with E-state index < -0.39 is 11.6 Å². The SMILES string of the molecule is CC1(C)O[C@@H]2[C@H](O1)[C@@H](c1ccc(Cl)cc1)O[C@@H]2[C@H]1COC(C)(C)O1. The molecule has 0 N–H and O–H groups in total. The summed E-state index contributed by atoms with van der Waals surface area (Å²) in [4.78, 5) is 0. The molecule has 6 heteroatoms. The summed E-state index contributed by atoms with van der Waals surface area (Å²) in [6, 6.07) is 7.66. The smallest absolute Gasteiger partial charge is 0.164 e. The van der Waals surface area contributed by atoms with Gasteiger partial charge in [0.25, 0.3) is 0 Å². The number of benzene rings is 1. The maximum absolute atomic E-state index is 6.33. The maximum Gasteiger partial charge on any atom is 0.164 e. The van der Waals surface area contributed by atoms with Gasteiger partial charge in [0.2, 0.25) is 0 Å². The summed E-state index contributed by atoms with van der Waals surface area (Å²) in [5.74, 6) is -1.24. The summed E-state index contributed by atoms with van der Waals surface area (Å²) >= 11 is 6.01. The van der Waals surface area contributed by atoms with Crippen molar-refractivity contribution in [1.29, 1.82) is 0 Å². The van der Waals surface area contributed by atoms with Crippen molar-refractivity contribution in [2.75, 3.05) is 6.61 Å². The fourth-order valence-corrected chi connectivity index (χ4v) is 3.85. The summed E-state index contributed by atoms with van der Waals surface area (Å²) in [7, 11) is 0. The van der Waals surface area contributed by atoms with Crippen molar-refractivity contribution in [1.82, 2.24) is 0 Å². The third kappa shape index (κ3) is 2.98. The van der Waals surface area contributed by atoms with Crippen molar-refractivity contribution >= 4 is 11.6 Å². The molecule has 4 rings (SSSR count).